The van der Waals surface area contributed by atoms with Crippen LogP contribution in [0.5, 0.6) is 5.75 Å². The molecule has 0 radical (unpaired) electrons. The van der Waals surface area contributed by atoms with Crippen LogP contribution in [-0.2, 0) is 19.4 Å². The zero-order valence-electron chi connectivity index (χ0n) is 14.2. The van der Waals surface area contributed by atoms with Crippen LogP contribution in [0, 0.1) is 0 Å². The Labute approximate surface area is 146 Å². The van der Waals surface area contributed by atoms with Gasteiger partial charge in [0.15, 0.2) is 0 Å². The molecule has 1 aliphatic rings. The van der Waals surface area contributed by atoms with E-state index in [2.05, 4.69) is 29.6 Å². The topological polar surface area (TPSA) is 62.5 Å². The first-order valence-corrected chi connectivity index (χ1v) is 8.75. The van der Waals surface area contributed by atoms with Gasteiger partial charge in [0.1, 0.15) is 11.3 Å². The molecule has 1 atom stereocenters. The summed E-state index contributed by atoms with van der Waals surface area (Å²) < 4.78 is 5.27. The molecule has 25 heavy (non-hydrogen) atoms. The molecule has 4 rings (SSSR count). The Kier molecular flexibility index (Phi) is 4.06. The molecular formula is C21H21NO3. The van der Waals surface area contributed by atoms with Gasteiger partial charge in [-0.05, 0) is 47.6 Å². The summed E-state index contributed by atoms with van der Waals surface area (Å²) in [6.07, 6.45) is 2.88. The second kappa shape index (κ2) is 6.37. The zero-order chi connectivity index (χ0) is 17.4. The number of aromatic hydroxyl groups is 1. The van der Waals surface area contributed by atoms with E-state index in [4.69, 9.17) is 4.42 Å². The molecular weight excluding hydrogens is 314 g/mol. The fraction of sp³-hybridized carbons (Fsp3) is 0.286. The molecule has 2 N–H and O–H groups in total. The minimum absolute atomic E-state index is 0.174. The molecule has 0 aliphatic heterocycles. The van der Waals surface area contributed by atoms with Crippen LogP contribution >= 0.6 is 0 Å². The van der Waals surface area contributed by atoms with E-state index < -0.39 is 0 Å². The quantitative estimate of drug-likeness (QED) is 0.711. The van der Waals surface area contributed by atoms with Gasteiger partial charge in [-0.1, -0.05) is 31.2 Å². The molecule has 0 fully saturated rings. The molecule has 2 aromatic carbocycles. The third-order valence-corrected chi connectivity index (χ3v) is 5.08. The maximum Gasteiger partial charge on any atom is 0.336 e. The van der Waals surface area contributed by atoms with Gasteiger partial charge in [-0.15, -0.1) is 0 Å². The summed E-state index contributed by atoms with van der Waals surface area (Å²) in [5.74, 6) is 0.174. The molecule has 1 unspecified atom stereocenters. The first-order chi connectivity index (χ1) is 12.2. The van der Waals surface area contributed by atoms with Crippen LogP contribution in [0.15, 0.2) is 51.7 Å². The number of aryl methyl sites for hydroxylation is 2. The SMILES string of the molecule is CCc1cc2c(CNC3CCc4ccccc43)cc(=O)oc2cc1O. The van der Waals surface area contributed by atoms with E-state index >= 15 is 0 Å². The number of nitrogens with one attached hydrogen (secondary N) is 1. The van der Waals surface area contributed by atoms with Crippen molar-refractivity contribution in [3.05, 3.63) is 75.1 Å². The smallest absolute Gasteiger partial charge is 0.336 e. The van der Waals surface area contributed by atoms with Gasteiger partial charge in [-0.3, -0.25) is 0 Å². The van der Waals surface area contributed by atoms with Crippen LogP contribution in [-0.4, -0.2) is 5.11 Å². The van der Waals surface area contributed by atoms with E-state index in [0.29, 0.717) is 18.2 Å². The van der Waals surface area contributed by atoms with Gasteiger partial charge in [-0.2, -0.15) is 0 Å². The van der Waals surface area contributed by atoms with Crippen molar-refractivity contribution in [2.75, 3.05) is 0 Å². The lowest BCUT2D eigenvalue weighted by molar-refractivity contribution is 0.466. The lowest BCUT2D eigenvalue weighted by Crippen LogP contribution is -2.19. The van der Waals surface area contributed by atoms with Gasteiger partial charge < -0.3 is 14.8 Å². The van der Waals surface area contributed by atoms with Crippen molar-refractivity contribution in [1.29, 1.82) is 0 Å². The van der Waals surface area contributed by atoms with E-state index in [9.17, 15) is 9.90 Å². The van der Waals surface area contributed by atoms with Gasteiger partial charge in [0.2, 0.25) is 0 Å². The summed E-state index contributed by atoms with van der Waals surface area (Å²) in [5, 5.41) is 14.5. The van der Waals surface area contributed by atoms with E-state index in [-0.39, 0.29) is 11.4 Å². The summed E-state index contributed by atoms with van der Waals surface area (Å²) in [5.41, 5.74) is 4.56. The second-order valence-electron chi connectivity index (χ2n) is 6.59. The summed E-state index contributed by atoms with van der Waals surface area (Å²) in [6, 6.07) is 13.8. The van der Waals surface area contributed by atoms with Gasteiger partial charge in [0.05, 0.1) is 0 Å². The first-order valence-electron chi connectivity index (χ1n) is 8.75. The predicted molar refractivity (Wildman–Crippen MR) is 97.9 cm³/mol. The molecule has 0 bridgehead atoms. The number of hydrogen-bond acceptors (Lipinski definition) is 4. The molecule has 0 saturated carbocycles. The van der Waals surface area contributed by atoms with Crippen molar-refractivity contribution in [2.45, 2.75) is 38.8 Å². The van der Waals surface area contributed by atoms with Gasteiger partial charge >= 0.3 is 5.63 Å². The van der Waals surface area contributed by atoms with Gasteiger partial charge in [-0.25, -0.2) is 4.79 Å². The lowest BCUT2D eigenvalue weighted by Gasteiger charge is -2.15. The fourth-order valence-electron chi connectivity index (χ4n) is 3.74. The van der Waals surface area contributed by atoms with Crippen LogP contribution in [0.4, 0.5) is 0 Å². The second-order valence-corrected chi connectivity index (χ2v) is 6.59. The predicted octanol–water partition coefficient (Wildman–Crippen LogP) is 3.84. The number of rotatable bonds is 4. The van der Waals surface area contributed by atoms with E-state index in [1.165, 1.54) is 11.1 Å². The highest BCUT2D eigenvalue weighted by atomic mass is 16.4. The van der Waals surface area contributed by atoms with E-state index in [1.807, 2.05) is 13.0 Å². The average molecular weight is 335 g/mol. The lowest BCUT2D eigenvalue weighted by atomic mass is 10.0. The van der Waals surface area contributed by atoms with Crippen molar-refractivity contribution in [2.24, 2.45) is 0 Å². The van der Waals surface area contributed by atoms with Crippen LogP contribution in [0.25, 0.3) is 11.0 Å². The molecule has 3 aromatic rings. The third-order valence-electron chi connectivity index (χ3n) is 5.08. The zero-order valence-corrected chi connectivity index (χ0v) is 14.2. The number of benzene rings is 2. The fourth-order valence-corrected chi connectivity index (χ4v) is 3.74. The van der Waals surface area contributed by atoms with Gasteiger partial charge in [0, 0.05) is 30.1 Å². The average Bonchev–Trinajstić information content (AvgIpc) is 3.02. The molecule has 0 spiro atoms. The highest BCUT2D eigenvalue weighted by Gasteiger charge is 2.21. The Morgan fingerprint density at radius 2 is 2.04 bits per heavy atom. The Bertz CT molecular complexity index is 990. The summed E-state index contributed by atoms with van der Waals surface area (Å²) in [6.45, 7) is 2.59. The molecule has 1 aromatic heterocycles. The Morgan fingerprint density at radius 3 is 2.88 bits per heavy atom. The van der Waals surface area contributed by atoms with E-state index in [0.717, 1.165) is 35.8 Å². The molecule has 0 amide bonds. The van der Waals surface area contributed by atoms with Gasteiger partial charge in [0.25, 0.3) is 0 Å². The van der Waals surface area contributed by atoms with Crippen LogP contribution in [0.3, 0.4) is 0 Å². The molecule has 4 nitrogen and oxygen atoms in total. The number of phenols is 1. The Morgan fingerprint density at radius 1 is 1.20 bits per heavy atom. The monoisotopic (exact) mass is 335 g/mol. The van der Waals surface area contributed by atoms with Crippen molar-refractivity contribution in [3.8, 4) is 5.75 Å². The normalized spacial score (nSPS) is 16.3. The van der Waals surface area contributed by atoms with Crippen molar-refractivity contribution in [3.63, 3.8) is 0 Å². The largest absolute Gasteiger partial charge is 0.508 e. The maximum absolute atomic E-state index is 11.9. The van der Waals surface area contributed by atoms with Crippen molar-refractivity contribution in [1.82, 2.24) is 5.32 Å². The minimum atomic E-state index is -0.389. The van der Waals surface area contributed by atoms with E-state index in [1.54, 1.807) is 12.1 Å². The summed E-state index contributed by atoms with van der Waals surface area (Å²) >= 11 is 0. The first kappa shape index (κ1) is 15.9. The maximum atomic E-state index is 11.9. The van der Waals surface area contributed by atoms with Crippen LogP contribution in [0.2, 0.25) is 0 Å². The van der Waals surface area contributed by atoms with Crippen LogP contribution < -0.4 is 10.9 Å². The molecule has 0 saturated heterocycles. The molecule has 4 heteroatoms. The standard InChI is InChI=1S/C21H21NO3/c1-2-13-9-17-15(10-21(24)25-20(17)11-19(13)23)12-22-18-8-7-14-5-3-4-6-16(14)18/h3-6,9-11,18,22-23H,2,7-8,12H2,1H3. The van der Waals surface area contributed by atoms with Crippen LogP contribution in [0.1, 0.15) is 41.6 Å². The van der Waals surface area contributed by atoms with Crippen molar-refractivity contribution >= 4 is 11.0 Å². The minimum Gasteiger partial charge on any atom is -0.508 e. The Hall–Kier alpha value is -2.59. The Balaban J connectivity index is 1.66. The molecule has 128 valence electrons. The number of phenolic OH excluding ortho intramolecular Hbond substituents is 1. The summed E-state index contributed by atoms with van der Waals surface area (Å²) in [4.78, 5) is 11.9. The number of hydrogen-bond donors (Lipinski definition) is 2. The van der Waals surface area contributed by atoms with Crippen molar-refractivity contribution < 1.29 is 9.52 Å². The third kappa shape index (κ3) is 2.94. The molecule has 1 heterocycles. The molecule has 1 aliphatic carbocycles. The number of fused-ring (bicyclic) bond motifs is 2. The summed E-state index contributed by atoms with van der Waals surface area (Å²) in [7, 11) is 0. The highest BCUT2D eigenvalue weighted by molar-refractivity contribution is 5.82. The highest BCUT2D eigenvalue weighted by Crippen LogP contribution is 2.32.